The molecule has 1 aliphatic heterocycles. The van der Waals surface area contributed by atoms with Gasteiger partial charge in [-0.05, 0) is 51.3 Å². The minimum atomic E-state index is -5.08. The van der Waals surface area contributed by atoms with Crippen molar-refractivity contribution < 1.29 is 41.0 Å². The molecule has 1 fully saturated rings. The maximum Gasteiger partial charge on any atom is 0.490 e. The standard InChI is InChI=1S/C21H35N3O4S.C2HF3O2/c1-17(2)28-15-5-11-24(12-8-21(25)23-13-9-22-10-14-23)29(26,27)20-16-18(3)6-7-19(20)4;3-2(4,5)1(6)7/h6-7,16-17,22H,5,8-15H2,1-4H3;(H,6,7). The maximum atomic E-state index is 13.4. The largest absolute Gasteiger partial charge is 0.490 e. The number of aryl methyl sites for hydroxylation is 2. The summed E-state index contributed by atoms with van der Waals surface area (Å²) in [5.74, 6) is -2.75. The molecule has 0 saturated carbocycles. The Morgan fingerprint density at radius 1 is 1.17 bits per heavy atom. The molecule has 2 N–H and O–H groups in total. The van der Waals surface area contributed by atoms with Crippen molar-refractivity contribution in [3.05, 3.63) is 29.3 Å². The van der Waals surface area contributed by atoms with Crippen molar-refractivity contribution in [2.45, 2.75) is 57.7 Å². The number of ether oxygens (including phenoxy) is 1. The summed E-state index contributed by atoms with van der Waals surface area (Å²) in [7, 11) is -3.69. The molecule has 1 heterocycles. The Balaban J connectivity index is 0.000000809. The lowest BCUT2D eigenvalue weighted by molar-refractivity contribution is -0.192. The lowest BCUT2D eigenvalue weighted by atomic mass is 10.2. The van der Waals surface area contributed by atoms with Crippen molar-refractivity contribution >= 4 is 21.9 Å². The normalized spacial score (nSPS) is 14.5. The second kappa shape index (κ2) is 14.5. The van der Waals surface area contributed by atoms with Crippen LogP contribution in [0.1, 0.15) is 37.8 Å². The first-order valence-electron chi connectivity index (χ1n) is 11.6. The topological polar surface area (TPSA) is 116 Å². The van der Waals surface area contributed by atoms with Gasteiger partial charge in [-0.15, -0.1) is 0 Å². The van der Waals surface area contributed by atoms with E-state index in [1.54, 1.807) is 17.9 Å². The molecule has 9 nitrogen and oxygen atoms in total. The third-order valence-electron chi connectivity index (χ3n) is 5.25. The maximum absolute atomic E-state index is 13.4. The van der Waals surface area contributed by atoms with Gasteiger partial charge in [-0.2, -0.15) is 17.5 Å². The van der Waals surface area contributed by atoms with E-state index in [0.717, 1.165) is 18.7 Å². The number of aliphatic carboxylic acids is 1. The second-order valence-corrected chi connectivity index (χ2v) is 10.5. The molecule has 206 valence electrons. The molecule has 0 aliphatic carbocycles. The molecular weight excluding hydrogens is 503 g/mol. The zero-order valence-corrected chi connectivity index (χ0v) is 21.9. The molecule has 0 bridgehead atoms. The minimum Gasteiger partial charge on any atom is -0.475 e. The highest BCUT2D eigenvalue weighted by Crippen LogP contribution is 2.22. The lowest BCUT2D eigenvalue weighted by Gasteiger charge is -2.29. The zero-order valence-electron chi connectivity index (χ0n) is 21.1. The Bertz CT molecular complexity index is 964. The summed E-state index contributed by atoms with van der Waals surface area (Å²) < 4.78 is 65.5. The average Bonchev–Trinajstić information content (AvgIpc) is 2.79. The van der Waals surface area contributed by atoms with Crippen molar-refractivity contribution in [1.82, 2.24) is 14.5 Å². The Labute approximate surface area is 210 Å². The molecule has 1 aromatic rings. The highest BCUT2D eigenvalue weighted by Gasteiger charge is 2.38. The molecule has 1 amide bonds. The van der Waals surface area contributed by atoms with Crippen LogP contribution in [0.3, 0.4) is 0 Å². The number of carbonyl (C=O) groups is 2. The monoisotopic (exact) mass is 539 g/mol. The Morgan fingerprint density at radius 2 is 1.75 bits per heavy atom. The van der Waals surface area contributed by atoms with Crippen LogP contribution in [0.25, 0.3) is 0 Å². The van der Waals surface area contributed by atoms with E-state index in [9.17, 15) is 26.4 Å². The third-order valence-corrected chi connectivity index (χ3v) is 7.29. The SMILES string of the molecule is Cc1ccc(C)c(S(=O)(=O)N(CCCOC(C)C)CCC(=O)N2CCNCC2)c1.O=C(O)C(F)(F)F. The number of hydrogen-bond acceptors (Lipinski definition) is 6. The van der Waals surface area contributed by atoms with Gasteiger partial charge in [0.2, 0.25) is 15.9 Å². The van der Waals surface area contributed by atoms with Gasteiger partial charge in [0, 0.05) is 52.3 Å². The van der Waals surface area contributed by atoms with Gasteiger partial charge in [0.25, 0.3) is 0 Å². The molecule has 13 heteroatoms. The number of alkyl halides is 3. The number of rotatable bonds is 10. The molecule has 1 aromatic carbocycles. The Kier molecular flexibility index (Phi) is 12.8. The van der Waals surface area contributed by atoms with E-state index in [4.69, 9.17) is 14.6 Å². The van der Waals surface area contributed by atoms with E-state index >= 15 is 0 Å². The number of halogens is 3. The number of nitrogens with zero attached hydrogens (tertiary/aromatic N) is 2. The molecule has 0 aromatic heterocycles. The smallest absolute Gasteiger partial charge is 0.475 e. The van der Waals surface area contributed by atoms with Crippen LogP contribution in [0, 0.1) is 13.8 Å². The molecular formula is C23H36F3N3O6S. The number of piperazine rings is 1. The van der Waals surface area contributed by atoms with E-state index in [1.165, 1.54) is 4.31 Å². The van der Waals surface area contributed by atoms with Crippen LogP contribution in [0.4, 0.5) is 13.2 Å². The fourth-order valence-electron chi connectivity index (χ4n) is 3.33. The molecule has 0 spiro atoms. The second-order valence-electron chi connectivity index (χ2n) is 8.63. The summed E-state index contributed by atoms with van der Waals surface area (Å²) >= 11 is 0. The van der Waals surface area contributed by atoms with Crippen molar-refractivity contribution in [3.8, 4) is 0 Å². The molecule has 0 unspecified atom stereocenters. The summed E-state index contributed by atoms with van der Waals surface area (Å²) in [5, 5.41) is 10.3. The molecule has 2 rings (SSSR count). The zero-order chi connectivity index (χ0) is 27.5. The van der Waals surface area contributed by atoms with Gasteiger partial charge in [0.15, 0.2) is 0 Å². The number of benzene rings is 1. The van der Waals surface area contributed by atoms with Crippen molar-refractivity contribution in [2.24, 2.45) is 0 Å². The highest BCUT2D eigenvalue weighted by molar-refractivity contribution is 7.89. The summed E-state index contributed by atoms with van der Waals surface area (Å²) in [6.45, 7) is 11.5. The predicted molar refractivity (Wildman–Crippen MR) is 128 cm³/mol. The van der Waals surface area contributed by atoms with Crippen LogP contribution < -0.4 is 5.32 Å². The number of sulfonamides is 1. The average molecular weight is 540 g/mol. The number of hydrogen-bond donors (Lipinski definition) is 2. The first kappa shape index (κ1) is 31.8. The van der Waals surface area contributed by atoms with E-state index in [0.29, 0.717) is 43.1 Å². The van der Waals surface area contributed by atoms with Crippen LogP contribution in [-0.2, 0) is 24.3 Å². The minimum absolute atomic E-state index is 0.00564. The van der Waals surface area contributed by atoms with E-state index < -0.39 is 22.2 Å². The summed E-state index contributed by atoms with van der Waals surface area (Å²) in [6.07, 6.45) is -4.20. The molecule has 1 aliphatic rings. The third kappa shape index (κ3) is 10.8. The van der Waals surface area contributed by atoms with E-state index in [2.05, 4.69) is 5.32 Å². The van der Waals surface area contributed by atoms with Crippen LogP contribution in [0.5, 0.6) is 0 Å². The molecule has 0 radical (unpaired) electrons. The fraction of sp³-hybridized carbons (Fsp3) is 0.652. The van der Waals surface area contributed by atoms with Crippen LogP contribution >= 0.6 is 0 Å². The number of carboxylic acid groups (broad SMARTS) is 1. The predicted octanol–water partition coefficient (Wildman–Crippen LogP) is 2.56. The van der Waals surface area contributed by atoms with Crippen molar-refractivity contribution in [1.29, 1.82) is 0 Å². The van der Waals surface area contributed by atoms with Crippen LogP contribution in [-0.4, -0.2) is 92.8 Å². The summed E-state index contributed by atoms with van der Waals surface area (Å²) in [6, 6.07) is 5.44. The number of nitrogens with one attached hydrogen (secondary N) is 1. The molecule has 1 saturated heterocycles. The van der Waals surface area contributed by atoms with Gasteiger partial charge in [-0.25, -0.2) is 13.2 Å². The van der Waals surface area contributed by atoms with Crippen molar-refractivity contribution in [3.63, 3.8) is 0 Å². The summed E-state index contributed by atoms with van der Waals surface area (Å²) in [5.41, 5.74) is 1.61. The van der Waals surface area contributed by atoms with Crippen LogP contribution in [0.2, 0.25) is 0 Å². The number of amides is 1. The first-order valence-corrected chi connectivity index (χ1v) is 13.1. The molecule has 36 heavy (non-hydrogen) atoms. The van der Waals surface area contributed by atoms with E-state index in [1.807, 2.05) is 32.9 Å². The van der Waals surface area contributed by atoms with Crippen molar-refractivity contribution in [2.75, 3.05) is 45.9 Å². The summed E-state index contributed by atoms with van der Waals surface area (Å²) in [4.78, 5) is 23.6. The van der Waals surface area contributed by atoms with Gasteiger partial charge in [-0.3, -0.25) is 4.79 Å². The Hall–Kier alpha value is -2.22. The van der Waals surface area contributed by atoms with E-state index in [-0.39, 0.29) is 25.0 Å². The lowest BCUT2D eigenvalue weighted by Crippen LogP contribution is -2.47. The van der Waals surface area contributed by atoms with Gasteiger partial charge < -0.3 is 20.1 Å². The van der Waals surface area contributed by atoms with Gasteiger partial charge in [0.1, 0.15) is 0 Å². The quantitative estimate of drug-likeness (QED) is 0.439. The van der Waals surface area contributed by atoms with Crippen LogP contribution in [0.15, 0.2) is 23.1 Å². The van der Waals surface area contributed by atoms with Gasteiger partial charge >= 0.3 is 12.1 Å². The Morgan fingerprint density at radius 3 is 2.28 bits per heavy atom. The number of carboxylic acids is 1. The first-order chi connectivity index (χ1) is 16.7. The fourth-order valence-corrected chi connectivity index (χ4v) is 5.12. The molecule has 0 atom stereocenters. The number of carbonyl (C=O) groups excluding carboxylic acids is 1. The van der Waals surface area contributed by atoms with Gasteiger partial charge in [0.05, 0.1) is 11.0 Å². The van der Waals surface area contributed by atoms with Gasteiger partial charge in [-0.1, -0.05) is 12.1 Å². The highest BCUT2D eigenvalue weighted by atomic mass is 32.2.